The molecule has 6 heteroatoms. The Morgan fingerprint density at radius 3 is 2.56 bits per heavy atom. The molecule has 0 unspecified atom stereocenters. The first-order chi connectivity index (χ1) is 7.58. The molecule has 0 bridgehead atoms. The minimum absolute atomic E-state index is 0.0535. The Kier molecular flexibility index (Phi) is 4.24. The van der Waals surface area contributed by atoms with Gasteiger partial charge in [-0.3, -0.25) is 0 Å². The third-order valence-corrected chi connectivity index (χ3v) is 1.83. The van der Waals surface area contributed by atoms with Crippen molar-refractivity contribution in [2.45, 2.75) is 12.9 Å². The van der Waals surface area contributed by atoms with Crippen LogP contribution in [0.3, 0.4) is 0 Å². The van der Waals surface area contributed by atoms with Crippen LogP contribution in [0.2, 0.25) is 0 Å². The maximum absolute atomic E-state index is 10.9. The van der Waals surface area contributed by atoms with Gasteiger partial charge in [-0.15, -0.1) is 0 Å². The van der Waals surface area contributed by atoms with Gasteiger partial charge < -0.3 is 24.8 Å². The Morgan fingerprint density at radius 2 is 2.06 bits per heavy atom. The highest BCUT2D eigenvalue weighted by Gasteiger charge is 2.16. The summed E-state index contributed by atoms with van der Waals surface area (Å²) < 4.78 is 9.57. The van der Waals surface area contributed by atoms with Crippen molar-refractivity contribution >= 4 is 5.97 Å². The third-order valence-electron chi connectivity index (χ3n) is 1.83. The van der Waals surface area contributed by atoms with Crippen LogP contribution in [-0.2, 0) is 11.4 Å². The number of carbonyl (C=O) groups is 1. The zero-order valence-electron chi connectivity index (χ0n) is 8.58. The summed E-state index contributed by atoms with van der Waals surface area (Å²) in [5.74, 6) is -0.923. The summed E-state index contributed by atoms with van der Waals surface area (Å²) >= 11 is 0. The maximum Gasteiger partial charge on any atom is 0.368 e. The third kappa shape index (κ3) is 2.93. The molecule has 0 spiro atoms. The van der Waals surface area contributed by atoms with Crippen molar-refractivity contribution in [1.29, 1.82) is 0 Å². The van der Waals surface area contributed by atoms with Gasteiger partial charge in [-0.2, -0.15) is 0 Å². The van der Waals surface area contributed by atoms with Gasteiger partial charge in [0.1, 0.15) is 0 Å². The van der Waals surface area contributed by atoms with Gasteiger partial charge in [-0.05, 0) is 17.7 Å². The number of aliphatic hydroxyl groups is 3. The van der Waals surface area contributed by atoms with Crippen LogP contribution in [0.1, 0.15) is 5.56 Å². The molecule has 1 aromatic carbocycles. The van der Waals surface area contributed by atoms with Gasteiger partial charge in [0.25, 0.3) is 6.29 Å². The van der Waals surface area contributed by atoms with E-state index in [2.05, 4.69) is 4.74 Å². The first kappa shape index (κ1) is 12.4. The Labute approximate surface area is 91.7 Å². The lowest BCUT2D eigenvalue weighted by Crippen LogP contribution is -2.24. The highest BCUT2D eigenvalue weighted by molar-refractivity contribution is 5.76. The quantitative estimate of drug-likeness (QED) is 0.362. The molecule has 0 aliphatic heterocycles. The summed E-state index contributed by atoms with van der Waals surface area (Å²) in [6, 6.07) is 4.39. The number of hydrogen-bond donors (Lipinski definition) is 3. The molecule has 1 aromatic rings. The highest BCUT2D eigenvalue weighted by Crippen LogP contribution is 2.28. The molecule has 3 N–H and O–H groups in total. The second-order valence-corrected chi connectivity index (χ2v) is 2.94. The summed E-state index contributed by atoms with van der Waals surface area (Å²) in [4.78, 5) is 10.9. The molecular weight excluding hydrogens is 216 g/mol. The molecule has 0 atom stereocenters. The molecule has 0 amide bonds. The van der Waals surface area contributed by atoms with E-state index >= 15 is 0 Å². The lowest BCUT2D eigenvalue weighted by atomic mass is 10.2. The smallest absolute Gasteiger partial charge is 0.368 e. The predicted molar refractivity (Wildman–Crippen MR) is 52.8 cm³/mol. The molecule has 1 rings (SSSR count). The molecule has 6 nitrogen and oxygen atoms in total. The largest absolute Gasteiger partial charge is 0.493 e. The van der Waals surface area contributed by atoms with Crippen molar-refractivity contribution in [3.63, 3.8) is 0 Å². The van der Waals surface area contributed by atoms with Crippen LogP contribution in [0.5, 0.6) is 11.5 Å². The first-order valence-corrected chi connectivity index (χ1v) is 4.44. The first-order valence-electron chi connectivity index (χ1n) is 4.44. The van der Waals surface area contributed by atoms with E-state index in [9.17, 15) is 4.79 Å². The number of carbonyl (C=O) groups excluding carboxylic acids is 1. The average molecular weight is 228 g/mol. The van der Waals surface area contributed by atoms with Gasteiger partial charge in [0, 0.05) is 0 Å². The number of hydrogen-bond acceptors (Lipinski definition) is 6. The van der Waals surface area contributed by atoms with E-state index in [0.29, 0.717) is 5.56 Å². The van der Waals surface area contributed by atoms with Crippen molar-refractivity contribution < 1.29 is 29.6 Å². The number of methoxy groups -OCH3 is 1. The van der Waals surface area contributed by atoms with E-state index in [0.717, 1.165) is 0 Å². The fraction of sp³-hybridized carbons (Fsp3) is 0.300. The maximum atomic E-state index is 10.9. The van der Waals surface area contributed by atoms with Gasteiger partial charge in [-0.25, -0.2) is 4.79 Å². The average Bonchev–Trinajstić information content (AvgIpc) is 2.29. The van der Waals surface area contributed by atoms with Gasteiger partial charge in [0.05, 0.1) is 13.7 Å². The van der Waals surface area contributed by atoms with Crippen LogP contribution in [0, 0.1) is 0 Å². The summed E-state index contributed by atoms with van der Waals surface area (Å²) in [6.45, 7) is -0.173. The van der Waals surface area contributed by atoms with Crippen LogP contribution >= 0.6 is 0 Å². The van der Waals surface area contributed by atoms with E-state index in [-0.39, 0.29) is 18.1 Å². The molecule has 0 aliphatic rings. The SMILES string of the molecule is COc1cc(CO)ccc1OC(=O)C(O)O. The molecule has 0 radical (unpaired) electrons. The van der Waals surface area contributed by atoms with Crippen LogP contribution in [0.15, 0.2) is 18.2 Å². The molecule has 0 aliphatic carbocycles. The Bertz CT molecular complexity index is 374. The fourth-order valence-electron chi connectivity index (χ4n) is 1.06. The van der Waals surface area contributed by atoms with Gasteiger partial charge >= 0.3 is 5.97 Å². The van der Waals surface area contributed by atoms with E-state index in [1.807, 2.05) is 0 Å². The summed E-state index contributed by atoms with van der Waals surface area (Å²) in [6.07, 6.45) is -2.19. The van der Waals surface area contributed by atoms with Crippen LogP contribution in [0.4, 0.5) is 0 Å². The number of rotatable bonds is 4. The van der Waals surface area contributed by atoms with Crippen molar-refractivity contribution in [3.8, 4) is 11.5 Å². The molecule has 0 aromatic heterocycles. The van der Waals surface area contributed by atoms with E-state index < -0.39 is 12.3 Å². The summed E-state index contributed by atoms with van der Waals surface area (Å²) in [5, 5.41) is 26.0. The minimum Gasteiger partial charge on any atom is -0.493 e. The lowest BCUT2D eigenvalue weighted by molar-refractivity contribution is -0.162. The van der Waals surface area contributed by atoms with Gasteiger partial charge in [0.2, 0.25) is 0 Å². The van der Waals surface area contributed by atoms with Crippen molar-refractivity contribution in [2.24, 2.45) is 0 Å². The second-order valence-electron chi connectivity index (χ2n) is 2.94. The molecule has 0 heterocycles. The summed E-state index contributed by atoms with van der Waals surface area (Å²) in [7, 11) is 1.36. The zero-order valence-corrected chi connectivity index (χ0v) is 8.58. The van der Waals surface area contributed by atoms with Crippen LogP contribution in [-0.4, -0.2) is 34.7 Å². The molecule has 16 heavy (non-hydrogen) atoms. The zero-order chi connectivity index (χ0) is 12.1. The summed E-state index contributed by atoms with van der Waals surface area (Å²) in [5.41, 5.74) is 0.584. The topological polar surface area (TPSA) is 96.2 Å². The van der Waals surface area contributed by atoms with Gasteiger partial charge in [0.15, 0.2) is 11.5 Å². The van der Waals surface area contributed by atoms with Crippen molar-refractivity contribution in [2.75, 3.05) is 7.11 Å². The standard InChI is InChI=1S/C10H12O6/c1-15-8-4-6(5-11)2-3-7(8)16-10(14)9(12)13/h2-4,9,11-13H,5H2,1H3. The van der Waals surface area contributed by atoms with E-state index in [1.54, 1.807) is 0 Å². The highest BCUT2D eigenvalue weighted by atomic mass is 16.6. The Morgan fingerprint density at radius 1 is 1.38 bits per heavy atom. The Hall–Kier alpha value is -1.63. The van der Waals surface area contributed by atoms with Crippen LogP contribution < -0.4 is 9.47 Å². The van der Waals surface area contributed by atoms with Gasteiger partial charge in [-0.1, -0.05) is 6.07 Å². The number of benzene rings is 1. The molecular formula is C10H12O6. The monoisotopic (exact) mass is 228 g/mol. The molecule has 0 fully saturated rings. The normalized spacial score (nSPS) is 10.3. The lowest BCUT2D eigenvalue weighted by Gasteiger charge is -2.10. The minimum atomic E-state index is -2.19. The van der Waals surface area contributed by atoms with E-state index in [4.69, 9.17) is 20.1 Å². The number of aliphatic hydroxyl groups excluding tert-OH is 2. The van der Waals surface area contributed by atoms with Crippen molar-refractivity contribution in [1.82, 2.24) is 0 Å². The van der Waals surface area contributed by atoms with E-state index in [1.165, 1.54) is 25.3 Å². The van der Waals surface area contributed by atoms with Crippen LogP contribution in [0.25, 0.3) is 0 Å². The number of esters is 1. The number of ether oxygens (including phenoxy) is 2. The predicted octanol–water partition coefficient (Wildman–Crippen LogP) is -0.596. The Balaban J connectivity index is 2.91. The molecule has 0 saturated carbocycles. The molecule has 0 saturated heterocycles. The second kappa shape index (κ2) is 5.45. The van der Waals surface area contributed by atoms with Crippen molar-refractivity contribution in [3.05, 3.63) is 23.8 Å². The molecule has 88 valence electrons. The fourth-order valence-corrected chi connectivity index (χ4v) is 1.06.